The van der Waals surface area contributed by atoms with E-state index in [0.717, 1.165) is 12.8 Å². The van der Waals surface area contributed by atoms with Gasteiger partial charge in [0.15, 0.2) is 0 Å². The lowest BCUT2D eigenvalue weighted by Gasteiger charge is -2.11. The van der Waals surface area contributed by atoms with Crippen LogP contribution in [0.2, 0.25) is 0 Å². The molecule has 1 amide bonds. The Kier molecular flexibility index (Phi) is 4.09. The van der Waals surface area contributed by atoms with Crippen molar-refractivity contribution in [3.8, 4) is 0 Å². The van der Waals surface area contributed by atoms with Gasteiger partial charge in [0.05, 0.1) is 6.54 Å². The molecule has 2 N–H and O–H groups in total. The van der Waals surface area contributed by atoms with Crippen molar-refractivity contribution in [2.24, 2.45) is 0 Å². The average Bonchev–Trinajstić information content (AvgIpc) is 2.83. The predicted octanol–water partition coefficient (Wildman–Crippen LogP) is 2.30. The molecule has 0 radical (unpaired) electrons. The van der Waals surface area contributed by atoms with E-state index in [1.165, 1.54) is 25.0 Å². The smallest absolute Gasteiger partial charge is 0.238 e. The molecule has 1 aliphatic carbocycles. The summed E-state index contributed by atoms with van der Waals surface area (Å²) in [7, 11) is 0. The van der Waals surface area contributed by atoms with Crippen molar-refractivity contribution >= 4 is 11.6 Å². The Morgan fingerprint density at radius 3 is 2.53 bits per heavy atom. The molecule has 0 saturated heterocycles. The van der Waals surface area contributed by atoms with Crippen LogP contribution in [0, 0.1) is 5.82 Å². The number of rotatable bonds is 4. The second-order valence-corrected chi connectivity index (χ2v) is 4.42. The Labute approximate surface area is 100 Å². The van der Waals surface area contributed by atoms with Gasteiger partial charge in [-0.25, -0.2) is 4.39 Å². The van der Waals surface area contributed by atoms with Crippen LogP contribution in [0.1, 0.15) is 25.7 Å². The predicted molar refractivity (Wildman–Crippen MR) is 65.3 cm³/mol. The summed E-state index contributed by atoms with van der Waals surface area (Å²) in [4.78, 5) is 11.6. The molecule has 0 spiro atoms. The summed E-state index contributed by atoms with van der Waals surface area (Å²) < 4.78 is 12.7. The number of hydrogen-bond acceptors (Lipinski definition) is 2. The third-order valence-electron chi connectivity index (χ3n) is 3.03. The van der Waals surface area contributed by atoms with E-state index >= 15 is 0 Å². The number of carbonyl (C=O) groups excluding carboxylic acids is 1. The van der Waals surface area contributed by atoms with Gasteiger partial charge in [0, 0.05) is 11.7 Å². The molecule has 1 fully saturated rings. The number of carbonyl (C=O) groups is 1. The van der Waals surface area contributed by atoms with Crippen molar-refractivity contribution in [2.45, 2.75) is 31.7 Å². The van der Waals surface area contributed by atoms with E-state index in [1.54, 1.807) is 12.1 Å². The van der Waals surface area contributed by atoms with Gasteiger partial charge in [-0.1, -0.05) is 12.8 Å². The highest BCUT2D eigenvalue weighted by Gasteiger charge is 2.15. The number of anilines is 1. The van der Waals surface area contributed by atoms with Crippen LogP contribution in [0.25, 0.3) is 0 Å². The van der Waals surface area contributed by atoms with Gasteiger partial charge in [-0.3, -0.25) is 4.79 Å². The minimum atomic E-state index is -0.299. The van der Waals surface area contributed by atoms with Crippen molar-refractivity contribution in [3.05, 3.63) is 30.1 Å². The number of amides is 1. The summed E-state index contributed by atoms with van der Waals surface area (Å²) in [5.41, 5.74) is 0.629. The zero-order valence-corrected chi connectivity index (χ0v) is 9.71. The first-order chi connectivity index (χ1) is 8.24. The van der Waals surface area contributed by atoms with Gasteiger partial charge in [-0.05, 0) is 37.1 Å². The summed E-state index contributed by atoms with van der Waals surface area (Å²) in [5, 5.41) is 5.95. The monoisotopic (exact) mass is 236 g/mol. The molecular formula is C13H17FN2O. The summed E-state index contributed by atoms with van der Waals surface area (Å²) in [6.07, 6.45) is 4.81. The van der Waals surface area contributed by atoms with Crippen LogP contribution in [0.15, 0.2) is 24.3 Å². The maximum atomic E-state index is 12.7. The highest BCUT2D eigenvalue weighted by atomic mass is 19.1. The summed E-state index contributed by atoms with van der Waals surface area (Å²) in [6.45, 7) is 0.321. The fraction of sp³-hybridized carbons (Fsp3) is 0.462. The minimum Gasteiger partial charge on any atom is -0.325 e. The molecule has 0 bridgehead atoms. The van der Waals surface area contributed by atoms with Gasteiger partial charge >= 0.3 is 0 Å². The standard InChI is InChI=1S/C13H17FN2O/c14-10-5-7-12(8-6-10)16-13(17)9-15-11-3-1-2-4-11/h5-8,11,15H,1-4,9H2,(H,16,17). The van der Waals surface area contributed by atoms with Gasteiger partial charge in [-0.15, -0.1) is 0 Å². The molecule has 4 heteroatoms. The summed E-state index contributed by atoms with van der Waals surface area (Å²) >= 11 is 0. The zero-order valence-electron chi connectivity index (χ0n) is 9.71. The molecule has 2 rings (SSSR count). The van der Waals surface area contributed by atoms with Crippen molar-refractivity contribution in [2.75, 3.05) is 11.9 Å². The minimum absolute atomic E-state index is 0.0801. The van der Waals surface area contributed by atoms with Crippen LogP contribution in [-0.2, 0) is 4.79 Å². The Hall–Kier alpha value is -1.42. The lowest BCUT2D eigenvalue weighted by atomic mass is 10.2. The summed E-state index contributed by atoms with van der Waals surface area (Å²) in [5.74, 6) is -0.379. The fourth-order valence-corrected chi connectivity index (χ4v) is 2.11. The van der Waals surface area contributed by atoms with Crippen LogP contribution in [-0.4, -0.2) is 18.5 Å². The van der Waals surface area contributed by atoms with Gasteiger partial charge < -0.3 is 10.6 Å². The quantitative estimate of drug-likeness (QED) is 0.842. The molecule has 0 atom stereocenters. The zero-order chi connectivity index (χ0) is 12.1. The third kappa shape index (κ3) is 3.82. The van der Waals surface area contributed by atoms with Gasteiger partial charge in [0.2, 0.25) is 5.91 Å². The Balaban J connectivity index is 1.74. The van der Waals surface area contributed by atoms with Crippen molar-refractivity contribution in [1.82, 2.24) is 5.32 Å². The molecular weight excluding hydrogens is 219 g/mol. The van der Waals surface area contributed by atoms with Crippen molar-refractivity contribution in [3.63, 3.8) is 0 Å². The molecule has 0 aromatic heterocycles. The first kappa shape index (κ1) is 12.0. The molecule has 1 aromatic carbocycles. The maximum absolute atomic E-state index is 12.7. The number of hydrogen-bond donors (Lipinski definition) is 2. The Morgan fingerprint density at radius 2 is 1.88 bits per heavy atom. The molecule has 1 aliphatic rings. The number of benzene rings is 1. The molecule has 0 aliphatic heterocycles. The lowest BCUT2D eigenvalue weighted by molar-refractivity contribution is -0.115. The fourth-order valence-electron chi connectivity index (χ4n) is 2.11. The molecule has 1 aromatic rings. The Bertz CT molecular complexity index is 372. The molecule has 3 nitrogen and oxygen atoms in total. The topological polar surface area (TPSA) is 41.1 Å². The maximum Gasteiger partial charge on any atom is 0.238 e. The van der Waals surface area contributed by atoms with Crippen molar-refractivity contribution < 1.29 is 9.18 Å². The van der Waals surface area contributed by atoms with Crippen LogP contribution in [0.3, 0.4) is 0 Å². The molecule has 0 heterocycles. The van der Waals surface area contributed by atoms with E-state index in [1.807, 2.05) is 0 Å². The molecule has 0 unspecified atom stereocenters. The van der Waals surface area contributed by atoms with E-state index in [-0.39, 0.29) is 11.7 Å². The first-order valence-electron chi connectivity index (χ1n) is 6.03. The second-order valence-electron chi connectivity index (χ2n) is 4.42. The molecule has 92 valence electrons. The van der Waals surface area contributed by atoms with Gasteiger partial charge in [0.25, 0.3) is 0 Å². The van der Waals surface area contributed by atoms with Crippen LogP contribution in [0.5, 0.6) is 0 Å². The average molecular weight is 236 g/mol. The lowest BCUT2D eigenvalue weighted by Crippen LogP contribution is -2.34. The number of nitrogens with one attached hydrogen (secondary N) is 2. The van der Waals surface area contributed by atoms with Crippen LogP contribution < -0.4 is 10.6 Å². The first-order valence-corrected chi connectivity index (χ1v) is 6.03. The highest BCUT2D eigenvalue weighted by Crippen LogP contribution is 2.17. The number of halogens is 1. The second kappa shape index (κ2) is 5.77. The van der Waals surface area contributed by atoms with E-state index in [9.17, 15) is 9.18 Å². The van der Waals surface area contributed by atoms with Gasteiger partial charge in [0.1, 0.15) is 5.82 Å². The van der Waals surface area contributed by atoms with E-state index < -0.39 is 0 Å². The normalized spacial score (nSPS) is 16.1. The highest BCUT2D eigenvalue weighted by molar-refractivity contribution is 5.92. The molecule has 17 heavy (non-hydrogen) atoms. The third-order valence-corrected chi connectivity index (χ3v) is 3.03. The van der Waals surface area contributed by atoms with Crippen molar-refractivity contribution in [1.29, 1.82) is 0 Å². The SMILES string of the molecule is O=C(CNC1CCCC1)Nc1ccc(F)cc1. The van der Waals surface area contributed by atoms with E-state index in [0.29, 0.717) is 18.3 Å². The van der Waals surface area contributed by atoms with E-state index in [4.69, 9.17) is 0 Å². The largest absolute Gasteiger partial charge is 0.325 e. The summed E-state index contributed by atoms with van der Waals surface area (Å²) in [6, 6.07) is 6.26. The van der Waals surface area contributed by atoms with Crippen LogP contribution in [0.4, 0.5) is 10.1 Å². The van der Waals surface area contributed by atoms with Gasteiger partial charge in [-0.2, -0.15) is 0 Å². The Morgan fingerprint density at radius 1 is 1.24 bits per heavy atom. The van der Waals surface area contributed by atoms with E-state index in [2.05, 4.69) is 10.6 Å². The molecule has 1 saturated carbocycles. The van der Waals surface area contributed by atoms with Crippen LogP contribution >= 0.6 is 0 Å².